The second kappa shape index (κ2) is 6.97. The van der Waals surface area contributed by atoms with Gasteiger partial charge in [0.15, 0.2) is 0 Å². The summed E-state index contributed by atoms with van der Waals surface area (Å²) in [6.07, 6.45) is 2.56. The Labute approximate surface area is 183 Å². The number of hydrogen-bond acceptors (Lipinski definition) is 4. The fraction of sp³-hybridized carbons (Fsp3) is 0.652. The van der Waals surface area contributed by atoms with Gasteiger partial charge in [0.25, 0.3) is 0 Å². The highest BCUT2D eigenvalue weighted by Gasteiger charge is 2.68. The molecule has 1 saturated heterocycles. The lowest BCUT2D eigenvalue weighted by atomic mass is 9.43. The predicted octanol–water partition coefficient (Wildman–Crippen LogP) is 2.78. The molecule has 0 aromatic heterocycles. The number of amides is 2. The standard InChI is InChI=1S/C23H31BN2O5/c1-21(2)15-12-16(21)22(3)17(13-15)30-24(31-22)18(11-14-7-5-4-6-8-14)25-19(27)23(9-10-23)26-20(28)29/h4-8,15-18,26H,9-13H2,1-3H3,(H,25,27)(H,28,29)/t15?,16-,17+,18-,22-/m0/s1. The largest absolute Gasteiger partial charge is 0.482 e. The fourth-order valence-corrected chi connectivity index (χ4v) is 6.20. The van der Waals surface area contributed by atoms with Gasteiger partial charge in [-0.2, -0.15) is 0 Å². The number of carboxylic acid groups (broad SMARTS) is 1. The Kier molecular flexibility index (Phi) is 4.68. The highest BCUT2D eigenvalue weighted by atomic mass is 16.7. The van der Waals surface area contributed by atoms with Crippen molar-refractivity contribution in [1.82, 2.24) is 10.6 Å². The van der Waals surface area contributed by atoms with Crippen LogP contribution in [0.3, 0.4) is 0 Å². The van der Waals surface area contributed by atoms with Crippen LogP contribution in [-0.4, -0.2) is 47.4 Å². The number of carbonyl (C=O) groups is 2. The van der Waals surface area contributed by atoms with Crippen molar-refractivity contribution in [3.05, 3.63) is 35.9 Å². The zero-order valence-electron chi connectivity index (χ0n) is 18.4. The normalized spacial score (nSPS) is 34.8. The Balaban J connectivity index is 1.37. The number of hydrogen-bond donors (Lipinski definition) is 3. The van der Waals surface area contributed by atoms with Crippen molar-refractivity contribution in [2.75, 3.05) is 0 Å². The van der Waals surface area contributed by atoms with Crippen LogP contribution in [0.1, 0.15) is 52.0 Å². The lowest BCUT2D eigenvalue weighted by Gasteiger charge is -2.64. The van der Waals surface area contributed by atoms with Gasteiger partial charge in [-0.1, -0.05) is 44.2 Å². The minimum Gasteiger partial charge on any atom is -0.465 e. The van der Waals surface area contributed by atoms with Crippen molar-refractivity contribution in [2.24, 2.45) is 17.3 Å². The zero-order valence-corrected chi connectivity index (χ0v) is 18.4. The maximum atomic E-state index is 13.0. The molecule has 1 aromatic carbocycles. The summed E-state index contributed by atoms with van der Waals surface area (Å²) in [5.41, 5.74) is -0.0788. The summed E-state index contributed by atoms with van der Waals surface area (Å²) in [7, 11) is -0.560. The summed E-state index contributed by atoms with van der Waals surface area (Å²) in [5.74, 6) is 0.387. The van der Waals surface area contributed by atoms with Gasteiger partial charge in [-0.15, -0.1) is 0 Å². The molecular weight excluding hydrogens is 395 g/mol. The van der Waals surface area contributed by atoms with E-state index >= 15 is 0 Å². The van der Waals surface area contributed by atoms with Crippen LogP contribution in [-0.2, 0) is 20.5 Å². The monoisotopic (exact) mass is 426 g/mol. The lowest BCUT2D eigenvalue weighted by Crippen LogP contribution is -2.65. The first-order valence-corrected chi connectivity index (χ1v) is 11.3. The van der Waals surface area contributed by atoms with Gasteiger partial charge in [-0.3, -0.25) is 4.79 Å². The highest BCUT2D eigenvalue weighted by molar-refractivity contribution is 6.48. The van der Waals surface area contributed by atoms with Gasteiger partial charge in [0.1, 0.15) is 5.54 Å². The molecule has 8 heteroatoms. The maximum absolute atomic E-state index is 13.0. The summed E-state index contributed by atoms with van der Waals surface area (Å²) in [4.78, 5) is 24.2. The zero-order chi connectivity index (χ0) is 22.0. The van der Waals surface area contributed by atoms with E-state index in [9.17, 15) is 9.59 Å². The lowest BCUT2D eigenvalue weighted by molar-refractivity contribution is -0.199. The molecule has 7 nitrogen and oxygen atoms in total. The highest BCUT2D eigenvalue weighted by Crippen LogP contribution is 2.65. The minimum atomic E-state index is -1.18. The summed E-state index contributed by atoms with van der Waals surface area (Å²) >= 11 is 0. The van der Waals surface area contributed by atoms with Crippen LogP contribution in [0.25, 0.3) is 0 Å². The molecule has 4 aliphatic carbocycles. The number of rotatable bonds is 6. The van der Waals surface area contributed by atoms with Crippen molar-refractivity contribution in [1.29, 1.82) is 0 Å². The first-order valence-electron chi connectivity index (χ1n) is 11.3. The van der Waals surface area contributed by atoms with Crippen LogP contribution in [0.15, 0.2) is 30.3 Å². The van der Waals surface area contributed by atoms with E-state index in [0.29, 0.717) is 31.1 Å². The summed E-state index contributed by atoms with van der Waals surface area (Å²) < 4.78 is 13.1. The van der Waals surface area contributed by atoms with E-state index in [4.69, 9.17) is 14.4 Å². The van der Waals surface area contributed by atoms with Gasteiger partial charge < -0.3 is 25.0 Å². The van der Waals surface area contributed by atoms with E-state index in [1.54, 1.807) is 0 Å². The first kappa shape index (κ1) is 20.8. The maximum Gasteiger partial charge on any atom is 0.482 e. The Morgan fingerprint density at radius 1 is 1.19 bits per heavy atom. The van der Waals surface area contributed by atoms with E-state index in [2.05, 4.69) is 31.4 Å². The Morgan fingerprint density at radius 2 is 1.90 bits per heavy atom. The third kappa shape index (κ3) is 3.35. The molecule has 0 radical (unpaired) electrons. The SMILES string of the molecule is CC1(C)C2C[C@H]3OB([C@H](Cc4ccccc4)NC(=O)C4(NC(=O)O)CC4)O[C@@]3(C)[C@H]1C2. The second-order valence-electron chi connectivity index (χ2n) is 10.6. The smallest absolute Gasteiger partial charge is 0.465 e. The molecule has 166 valence electrons. The summed E-state index contributed by atoms with van der Waals surface area (Å²) in [6, 6.07) is 9.94. The van der Waals surface area contributed by atoms with Gasteiger partial charge in [0.2, 0.25) is 5.91 Å². The van der Waals surface area contributed by atoms with Gasteiger partial charge in [-0.05, 0) is 61.8 Å². The molecule has 31 heavy (non-hydrogen) atoms. The van der Waals surface area contributed by atoms with Crippen LogP contribution in [0.5, 0.6) is 0 Å². The number of carbonyl (C=O) groups excluding carboxylic acids is 1. The van der Waals surface area contributed by atoms with E-state index in [-0.39, 0.29) is 23.0 Å². The van der Waals surface area contributed by atoms with Crippen LogP contribution >= 0.6 is 0 Å². The third-order valence-electron chi connectivity index (χ3n) is 8.44. The van der Waals surface area contributed by atoms with Crippen LogP contribution < -0.4 is 10.6 Å². The Bertz CT molecular complexity index is 889. The van der Waals surface area contributed by atoms with E-state index < -0.39 is 24.7 Å². The topological polar surface area (TPSA) is 96.9 Å². The minimum absolute atomic E-state index is 0.0245. The van der Waals surface area contributed by atoms with Crippen LogP contribution in [0.4, 0.5) is 4.79 Å². The van der Waals surface area contributed by atoms with Crippen molar-refractivity contribution >= 4 is 19.1 Å². The molecule has 5 fully saturated rings. The van der Waals surface area contributed by atoms with Gasteiger partial charge in [-0.25, -0.2) is 4.79 Å². The van der Waals surface area contributed by atoms with E-state index in [0.717, 1.165) is 18.4 Å². The van der Waals surface area contributed by atoms with Crippen LogP contribution in [0.2, 0.25) is 0 Å². The quantitative estimate of drug-likeness (QED) is 0.608. The van der Waals surface area contributed by atoms with Crippen molar-refractivity contribution in [2.45, 2.75) is 76.1 Å². The van der Waals surface area contributed by atoms with Crippen molar-refractivity contribution in [3.8, 4) is 0 Å². The molecule has 1 aliphatic heterocycles. The molecule has 2 bridgehead atoms. The molecule has 3 N–H and O–H groups in total. The Hall–Kier alpha value is -2.06. The molecule has 1 heterocycles. The number of nitrogens with one attached hydrogen (secondary N) is 2. The molecule has 2 amide bonds. The van der Waals surface area contributed by atoms with E-state index in [1.165, 1.54) is 0 Å². The summed E-state index contributed by atoms with van der Waals surface area (Å²) in [6.45, 7) is 6.80. The van der Waals surface area contributed by atoms with Crippen LogP contribution in [0, 0.1) is 17.3 Å². The molecule has 1 aromatic rings. The third-order valence-corrected chi connectivity index (χ3v) is 8.44. The van der Waals surface area contributed by atoms with Crippen molar-refractivity contribution in [3.63, 3.8) is 0 Å². The molecule has 5 atom stereocenters. The first-order chi connectivity index (χ1) is 14.6. The van der Waals surface area contributed by atoms with Crippen molar-refractivity contribution < 1.29 is 24.0 Å². The fourth-order valence-electron chi connectivity index (χ4n) is 6.20. The average Bonchev–Trinajstić information content (AvgIpc) is 3.39. The van der Waals surface area contributed by atoms with Gasteiger partial charge >= 0.3 is 13.2 Å². The van der Waals surface area contributed by atoms with Gasteiger partial charge in [0, 0.05) is 0 Å². The Morgan fingerprint density at radius 3 is 2.52 bits per heavy atom. The average molecular weight is 426 g/mol. The molecule has 1 unspecified atom stereocenters. The predicted molar refractivity (Wildman–Crippen MR) is 115 cm³/mol. The molecule has 6 rings (SSSR count). The molecule has 4 saturated carbocycles. The summed E-state index contributed by atoms with van der Waals surface area (Å²) in [5, 5.41) is 14.6. The van der Waals surface area contributed by atoms with E-state index in [1.807, 2.05) is 30.3 Å². The molecular formula is C23H31BN2O5. The second-order valence-corrected chi connectivity index (χ2v) is 10.6. The van der Waals surface area contributed by atoms with Gasteiger partial charge in [0.05, 0.1) is 17.6 Å². The number of benzene rings is 1. The molecule has 5 aliphatic rings. The molecule has 0 spiro atoms.